The molecule has 0 saturated carbocycles. The normalized spacial score (nSPS) is 20.0. The molecule has 0 spiro atoms. The van der Waals surface area contributed by atoms with Gasteiger partial charge in [0.2, 0.25) is 11.8 Å². The molecule has 1 aliphatic rings. The van der Waals surface area contributed by atoms with E-state index in [9.17, 15) is 9.59 Å². The van der Waals surface area contributed by atoms with Crippen molar-refractivity contribution in [3.05, 3.63) is 23.4 Å². The van der Waals surface area contributed by atoms with Crippen molar-refractivity contribution in [2.75, 3.05) is 18.4 Å². The third-order valence-corrected chi connectivity index (χ3v) is 4.45. The number of carbonyl (C=O) groups is 2. The van der Waals surface area contributed by atoms with Gasteiger partial charge in [0, 0.05) is 18.3 Å². The summed E-state index contributed by atoms with van der Waals surface area (Å²) in [4.78, 5) is 31.1. The van der Waals surface area contributed by atoms with E-state index in [1.807, 2.05) is 27.7 Å². The Labute approximate surface area is 154 Å². The van der Waals surface area contributed by atoms with Gasteiger partial charge >= 0.3 is 0 Å². The van der Waals surface area contributed by atoms with Crippen molar-refractivity contribution in [2.24, 2.45) is 5.92 Å². The van der Waals surface area contributed by atoms with Crippen LogP contribution >= 0.6 is 11.6 Å². The molecule has 2 amide bonds. The highest BCUT2D eigenvalue weighted by molar-refractivity contribution is 6.30. The second-order valence-corrected chi connectivity index (χ2v) is 8.04. The molecule has 2 atom stereocenters. The molecule has 7 heteroatoms. The van der Waals surface area contributed by atoms with Crippen LogP contribution in [-0.2, 0) is 9.59 Å². The van der Waals surface area contributed by atoms with Crippen molar-refractivity contribution >= 4 is 29.2 Å². The Morgan fingerprint density at radius 2 is 2.08 bits per heavy atom. The summed E-state index contributed by atoms with van der Waals surface area (Å²) in [7, 11) is 0. The molecule has 2 heterocycles. The van der Waals surface area contributed by atoms with Crippen LogP contribution in [0.2, 0.25) is 5.02 Å². The lowest BCUT2D eigenvalue weighted by atomic mass is 9.95. The standard InChI is InChI=1S/C18H27ClN4O2/c1-12(16(24)22-18(2,3)4)23-9-5-6-13(11-23)17(25)21-15-8-7-14(19)10-20-15/h7-8,10,12-13H,5-6,9,11H2,1-4H3,(H,22,24)(H,20,21,25)/t12-,13-/m1/s1. The van der Waals surface area contributed by atoms with Crippen molar-refractivity contribution in [2.45, 2.75) is 52.1 Å². The third kappa shape index (κ3) is 5.97. The minimum absolute atomic E-state index is 0.00655. The van der Waals surface area contributed by atoms with Gasteiger partial charge in [0.15, 0.2) is 0 Å². The van der Waals surface area contributed by atoms with E-state index in [1.165, 1.54) is 6.20 Å². The van der Waals surface area contributed by atoms with Gasteiger partial charge in [0.1, 0.15) is 5.82 Å². The Morgan fingerprint density at radius 3 is 2.68 bits per heavy atom. The van der Waals surface area contributed by atoms with Gasteiger partial charge in [-0.05, 0) is 59.2 Å². The first kappa shape index (κ1) is 19.7. The van der Waals surface area contributed by atoms with Crippen LogP contribution in [0, 0.1) is 5.92 Å². The van der Waals surface area contributed by atoms with E-state index in [4.69, 9.17) is 11.6 Å². The molecule has 1 saturated heterocycles. The summed E-state index contributed by atoms with van der Waals surface area (Å²) in [5.74, 6) is 0.261. The van der Waals surface area contributed by atoms with E-state index < -0.39 is 0 Å². The van der Waals surface area contributed by atoms with E-state index in [-0.39, 0.29) is 29.3 Å². The number of aromatic nitrogens is 1. The molecular formula is C18H27ClN4O2. The molecule has 1 aliphatic heterocycles. The molecule has 138 valence electrons. The Hall–Kier alpha value is -1.66. The number of anilines is 1. The van der Waals surface area contributed by atoms with Crippen LogP contribution in [0.1, 0.15) is 40.5 Å². The van der Waals surface area contributed by atoms with E-state index in [2.05, 4.69) is 20.5 Å². The summed E-state index contributed by atoms with van der Waals surface area (Å²) in [6.45, 7) is 9.16. The Bertz CT molecular complexity index is 612. The first-order chi connectivity index (χ1) is 11.7. The van der Waals surface area contributed by atoms with Crippen molar-refractivity contribution < 1.29 is 9.59 Å². The average molecular weight is 367 g/mol. The highest BCUT2D eigenvalue weighted by Crippen LogP contribution is 2.21. The van der Waals surface area contributed by atoms with Gasteiger partial charge < -0.3 is 10.6 Å². The van der Waals surface area contributed by atoms with Gasteiger partial charge in [-0.25, -0.2) is 4.98 Å². The van der Waals surface area contributed by atoms with Crippen LogP contribution < -0.4 is 10.6 Å². The summed E-state index contributed by atoms with van der Waals surface area (Å²) in [6.07, 6.45) is 3.20. The average Bonchev–Trinajstić information content (AvgIpc) is 2.54. The number of rotatable bonds is 4. The zero-order chi connectivity index (χ0) is 18.6. The molecule has 1 aromatic rings. The monoisotopic (exact) mass is 366 g/mol. The van der Waals surface area contributed by atoms with E-state index in [0.717, 1.165) is 19.4 Å². The van der Waals surface area contributed by atoms with Gasteiger partial charge in [-0.3, -0.25) is 14.5 Å². The summed E-state index contributed by atoms with van der Waals surface area (Å²) in [5, 5.41) is 6.36. The molecule has 0 bridgehead atoms. The van der Waals surface area contributed by atoms with Gasteiger partial charge in [-0.15, -0.1) is 0 Å². The van der Waals surface area contributed by atoms with Gasteiger partial charge in [-0.1, -0.05) is 11.6 Å². The fourth-order valence-corrected chi connectivity index (χ4v) is 3.00. The molecule has 6 nitrogen and oxygen atoms in total. The smallest absolute Gasteiger partial charge is 0.237 e. The highest BCUT2D eigenvalue weighted by Gasteiger charge is 2.32. The minimum Gasteiger partial charge on any atom is -0.350 e. The summed E-state index contributed by atoms with van der Waals surface area (Å²) >= 11 is 5.81. The van der Waals surface area contributed by atoms with Crippen LogP contribution in [0.15, 0.2) is 18.3 Å². The largest absolute Gasteiger partial charge is 0.350 e. The maximum atomic E-state index is 12.5. The number of piperidine rings is 1. The van der Waals surface area contributed by atoms with Crippen molar-refractivity contribution in [3.63, 3.8) is 0 Å². The van der Waals surface area contributed by atoms with Crippen LogP contribution in [0.25, 0.3) is 0 Å². The number of nitrogens with one attached hydrogen (secondary N) is 2. The van der Waals surface area contributed by atoms with Gasteiger partial charge in [0.25, 0.3) is 0 Å². The molecule has 25 heavy (non-hydrogen) atoms. The number of nitrogens with zero attached hydrogens (tertiary/aromatic N) is 2. The lowest BCUT2D eigenvalue weighted by Gasteiger charge is -2.36. The molecule has 2 rings (SSSR count). The minimum atomic E-state index is -0.266. The fourth-order valence-electron chi connectivity index (χ4n) is 2.89. The Kier molecular flexibility index (Phi) is 6.41. The predicted molar refractivity (Wildman–Crippen MR) is 99.5 cm³/mol. The number of pyridine rings is 1. The van der Waals surface area contributed by atoms with Crippen molar-refractivity contribution in [3.8, 4) is 0 Å². The molecule has 2 N–H and O–H groups in total. The van der Waals surface area contributed by atoms with Crippen molar-refractivity contribution in [1.29, 1.82) is 0 Å². The third-order valence-electron chi connectivity index (χ3n) is 4.23. The van der Waals surface area contributed by atoms with Gasteiger partial charge in [-0.2, -0.15) is 0 Å². The predicted octanol–water partition coefficient (Wildman–Crippen LogP) is 2.69. The molecule has 1 fully saturated rings. The molecule has 0 unspecified atom stereocenters. The topological polar surface area (TPSA) is 74.3 Å². The zero-order valence-corrected chi connectivity index (χ0v) is 16.1. The first-order valence-electron chi connectivity index (χ1n) is 8.64. The zero-order valence-electron chi connectivity index (χ0n) is 15.3. The quantitative estimate of drug-likeness (QED) is 0.859. The SMILES string of the molecule is C[C@H](C(=O)NC(C)(C)C)N1CCC[C@@H](C(=O)Nc2ccc(Cl)cn2)C1. The molecule has 0 radical (unpaired) electrons. The van der Waals surface area contributed by atoms with Crippen LogP contribution in [-0.4, -0.2) is 46.4 Å². The number of amides is 2. The summed E-state index contributed by atoms with van der Waals surface area (Å²) in [5.41, 5.74) is -0.266. The van der Waals surface area contributed by atoms with Gasteiger partial charge in [0.05, 0.1) is 17.0 Å². The number of halogens is 1. The van der Waals surface area contributed by atoms with E-state index in [1.54, 1.807) is 12.1 Å². The number of hydrogen-bond donors (Lipinski definition) is 2. The molecule has 0 aromatic carbocycles. The lowest BCUT2D eigenvalue weighted by molar-refractivity contribution is -0.130. The summed E-state index contributed by atoms with van der Waals surface area (Å²) in [6, 6.07) is 3.11. The maximum absolute atomic E-state index is 12.5. The Morgan fingerprint density at radius 1 is 1.36 bits per heavy atom. The number of carbonyl (C=O) groups excluding carboxylic acids is 2. The fraction of sp³-hybridized carbons (Fsp3) is 0.611. The highest BCUT2D eigenvalue weighted by atomic mass is 35.5. The van der Waals surface area contributed by atoms with Crippen LogP contribution in [0.3, 0.4) is 0 Å². The first-order valence-corrected chi connectivity index (χ1v) is 9.02. The Balaban J connectivity index is 1.94. The van der Waals surface area contributed by atoms with Crippen LogP contribution in [0.5, 0.6) is 0 Å². The summed E-state index contributed by atoms with van der Waals surface area (Å²) < 4.78 is 0. The lowest BCUT2D eigenvalue weighted by Crippen LogP contribution is -2.54. The number of hydrogen-bond acceptors (Lipinski definition) is 4. The maximum Gasteiger partial charge on any atom is 0.237 e. The van der Waals surface area contributed by atoms with E-state index in [0.29, 0.717) is 17.4 Å². The van der Waals surface area contributed by atoms with E-state index >= 15 is 0 Å². The van der Waals surface area contributed by atoms with Crippen LogP contribution in [0.4, 0.5) is 5.82 Å². The second-order valence-electron chi connectivity index (χ2n) is 7.60. The molecule has 1 aromatic heterocycles. The number of likely N-dealkylation sites (tertiary alicyclic amines) is 1. The second kappa shape index (κ2) is 8.15. The molecule has 0 aliphatic carbocycles. The molecular weight excluding hydrogens is 340 g/mol. The van der Waals surface area contributed by atoms with Crippen molar-refractivity contribution in [1.82, 2.24) is 15.2 Å².